The van der Waals surface area contributed by atoms with Crippen LogP contribution in [0.3, 0.4) is 0 Å². The largest absolute Gasteiger partial charge is 0.492 e. The van der Waals surface area contributed by atoms with E-state index in [1.54, 1.807) is 36.8 Å². The van der Waals surface area contributed by atoms with Crippen LogP contribution in [0.1, 0.15) is 10.4 Å². The van der Waals surface area contributed by atoms with Crippen LogP contribution >= 0.6 is 11.6 Å². The predicted octanol–water partition coefficient (Wildman–Crippen LogP) is 2.34. The zero-order chi connectivity index (χ0) is 12.1. The highest BCUT2D eigenvalue weighted by Crippen LogP contribution is 2.13. The van der Waals surface area contributed by atoms with Crippen molar-refractivity contribution in [2.75, 3.05) is 6.61 Å². The van der Waals surface area contributed by atoms with Gasteiger partial charge in [0, 0.05) is 18.0 Å². The van der Waals surface area contributed by atoms with E-state index in [1.165, 1.54) is 0 Å². The van der Waals surface area contributed by atoms with Gasteiger partial charge in [-0.25, -0.2) is 4.98 Å². The summed E-state index contributed by atoms with van der Waals surface area (Å²) in [6.45, 7) is 1.28. The molecule has 0 saturated carbocycles. The summed E-state index contributed by atoms with van der Waals surface area (Å²) in [5.74, 6) is 0.715. The Morgan fingerprint density at radius 1 is 1.35 bits per heavy atom. The Kier molecular flexibility index (Phi) is 3.77. The molecule has 0 radical (unpaired) electrons. The molecule has 5 heteroatoms. The van der Waals surface area contributed by atoms with Crippen molar-refractivity contribution in [3.8, 4) is 5.75 Å². The SMILES string of the molecule is O=C(Cl)c1ccc(OCCn2ccnc2)cc1. The van der Waals surface area contributed by atoms with E-state index in [4.69, 9.17) is 16.3 Å². The van der Waals surface area contributed by atoms with Crippen LogP contribution in [0.25, 0.3) is 0 Å². The van der Waals surface area contributed by atoms with Gasteiger partial charge in [-0.2, -0.15) is 0 Å². The molecular formula is C12H11ClN2O2. The summed E-state index contributed by atoms with van der Waals surface area (Å²) in [4.78, 5) is 14.8. The smallest absolute Gasteiger partial charge is 0.252 e. The lowest BCUT2D eigenvalue weighted by atomic mass is 10.2. The van der Waals surface area contributed by atoms with E-state index >= 15 is 0 Å². The van der Waals surface area contributed by atoms with Gasteiger partial charge in [-0.1, -0.05) is 0 Å². The second kappa shape index (κ2) is 5.50. The Labute approximate surface area is 104 Å². The van der Waals surface area contributed by atoms with Gasteiger partial charge in [0.15, 0.2) is 0 Å². The third-order valence-electron chi connectivity index (χ3n) is 2.26. The van der Waals surface area contributed by atoms with E-state index < -0.39 is 5.24 Å². The first-order valence-electron chi connectivity index (χ1n) is 5.14. The molecule has 0 fully saturated rings. The molecule has 1 aromatic carbocycles. The maximum atomic E-state index is 10.8. The quantitative estimate of drug-likeness (QED) is 0.765. The summed E-state index contributed by atoms with van der Waals surface area (Å²) in [5.41, 5.74) is 0.466. The number of ether oxygens (including phenoxy) is 1. The van der Waals surface area contributed by atoms with Crippen molar-refractivity contribution in [2.45, 2.75) is 6.54 Å². The van der Waals surface area contributed by atoms with Crippen LogP contribution in [0.4, 0.5) is 0 Å². The van der Waals surface area contributed by atoms with Gasteiger partial charge in [-0.05, 0) is 35.9 Å². The number of halogens is 1. The summed E-state index contributed by atoms with van der Waals surface area (Å²) in [6, 6.07) is 6.73. The zero-order valence-electron chi connectivity index (χ0n) is 9.04. The molecule has 0 bridgehead atoms. The minimum atomic E-state index is -0.463. The maximum absolute atomic E-state index is 10.8. The van der Waals surface area contributed by atoms with Crippen LogP contribution in [-0.2, 0) is 6.54 Å². The normalized spacial score (nSPS) is 10.2. The van der Waals surface area contributed by atoms with Gasteiger partial charge >= 0.3 is 0 Å². The lowest BCUT2D eigenvalue weighted by molar-refractivity contribution is 0.108. The molecule has 0 N–H and O–H groups in total. The molecule has 0 spiro atoms. The third kappa shape index (κ3) is 3.32. The lowest BCUT2D eigenvalue weighted by Crippen LogP contribution is -2.06. The van der Waals surface area contributed by atoms with Gasteiger partial charge in [-0.15, -0.1) is 0 Å². The number of rotatable bonds is 5. The van der Waals surface area contributed by atoms with E-state index in [2.05, 4.69) is 4.98 Å². The van der Waals surface area contributed by atoms with Gasteiger partial charge < -0.3 is 9.30 Å². The summed E-state index contributed by atoms with van der Waals surface area (Å²) in [5, 5.41) is -0.463. The molecule has 0 amide bonds. The van der Waals surface area contributed by atoms with E-state index in [9.17, 15) is 4.79 Å². The van der Waals surface area contributed by atoms with Crippen molar-refractivity contribution in [3.05, 3.63) is 48.5 Å². The summed E-state index contributed by atoms with van der Waals surface area (Å²) in [6.07, 6.45) is 5.33. The fourth-order valence-electron chi connectivity index (χ4n) is 1.37. The van der Waals surface area contributed by atoms with Gasteiger partial charge in [0.1, 0.15) is 12.4 Å². The van der Waals surface area contributed by atoms with Gasteiger partial charge in [0.05, 0.1) is 12.9 Å². The monoisotopic (exact) mass is 250 g/mol. The Hall–Kier alpha value is -1.81. The number of hydrogen-bond donors (Lipinski definition) is 0. The first kappa shape index (κ1) is 11.7. The molecule has 1 heterocycles. The molecule has 2 aromatic rings. The fraction of sp³-hybridized carbons (Fsp3) is 0.167. The number of aromatic nitrogens is 2. The number of carbonyl (C=O) groups is 1. The number of imidazole rings is 1. The Bertz CT molecular complexity index is 480. The molecule has 0 saturated heterocycles. The maximum Gasteiger partial charge on any atom is 0.252 e. The number of nitrogens with zero attached hydrogens (tertiary/aromatic N) is 2. The Morgan fingerprint density at radius 2 is 2.12 bits per heavy atom. The summed E-state index contributed by atoms with van der Waals surface area (Å²) >= 11 is 5.34. The summed E-state index contributed by atoms with van der Waals surface area (Å²) < 4.78 is 7.44. The minimum Gasteiger partial charge on any atom is -0.492 e. The van der Waals surface area contributed by atoms with Crippen LogP contribution < -0.4 is 4.74 Å². The average molecular weight is 251 g/mol. The van der Waals surface area contributed by atoms with Crippen LogP contribution in [0.2, 0.25) is 0 Å². The average Bonchev–Trinajstić information content (AvgIpc) is 2.83. The highest BCUT2D eigenvalue weighted by atomic mass is 35.5. The first-order valence-corrected chi connectivity index (χ1v) is 5.52. The van der Waals surface area contributed by atoms with Crippen molar-refractivity contribution >= 4 is 16.8 Å². The topological polar surface area (TPSA) is 44.1 Å². The van der Waals surface area contributed by atoms with E-state index in [-0.39, 0.29) is 0 Å². The summed E-state index contributed by atoms with van der Waals surface area (Å²) in [7, 11) is 0. The second-order valence-corrected chi connectivity index (χ2v) is 3.79. The van der Waals surface area contributed by atoms with Gasteiger partial charge in [0.25, 0.3) is 5.24 Å². The van der Waals surface area contributed by atoms with Crippen LogP contribution in [0, 0.1) is 0 Å². The van der Waals surface area contributed by atoms with Gasteiger partial charge in [-0.3, -0.25) is 4.79 Å². The Morgan fingerprint density at radius 3 is 2.71 bits per heavy atom. The van der Waals surface area contributed by atoms with E-state index in [0.717, 1.165) is 6.54 Å². The molecule has 0 unspecified atom stereocenters. The number of carbonyl (C=O) groups excluding carboxylic acids is 1. The fourth-order valence-corrected chi connectivity index (χ4v) is 1.50. The zero-order valence-corrected chi connectivity index (χ0v) is 9.80. The molecule has 0 aliphatic heterocycles. The van der Waals surface area contributed by atoms with Crippen LogP contribution in [-0.4, -0.2) is 21.4 Å². The first-order chi connectivity index (χ1) is 8.25. The van der Waals surface area contributed by atoms with Crippen molar-refractivity contribution in [2.24, 2.45) is 0 Å². The highest BCUT2D eigenvalue weighted by Gasteiger charge is 2.01. The number of benzene rings is 1. The highest BCUT2D eigenvalue weighted by molar-refractivity contribution is 6.67. The molecular weight excluding hydrogens is 240 g/mol. The van der Waals surface area contributed by atoms with Gasteiger partial charge in [0.2, 0.25) is 0 Å². The third-order valence-corrected chi connectivity index (χ3v) is 2.48. The second-order valence-electron chi connectivity index (χ2n) is 3.45. The molecule has 4 nitrogen and oxygen atoms in total. The van der Waals surface area contributed by atoms with Crippen LogP contribution in [0.5, 0.6) is 5.75 Å². The molecule has 1 aromatic heterocycles. The Balaban J connectivity index is 1.85. The number of hydrogen-bond acceptors (Lipinski definition) is 3. The van der Waals surface area contributed by atoms with Crippen molar-refractivity contribution in [3.63, 3.8) is 0 Å². The standard InChI is InChI=1S/C12H11ClN2O2/c13-12(16)10-1-3-11(4-2-10)17-8-7-15-6-5-14-9-15/h1-6,9H,7-8H2. The van der Waals surface area contributed by atoms with Crippen LogP contribution in [0.15, 0.2) is 43.0 Å². The minimum absolute atomic E-state index is 0.463. The molecule has 0 atom stereocenters. The van der Waals surface area contributed by atoms with E-state index in [1.807, 2.05) is 10.8 Å². The predicted molar refractivity (Wildman–Crippen MR) is 64.3 cm³/mol. The van der Waals surface area contributed by atoms with E-state index in [0.29, 0.717) is 17.9 Å². The van der Waals surface area contributed by atoms with Crippen molar-refractivity contribution < 1.29 is 9.53 Å². The van der Waals surface area contributed by atoms with Crippen molar-refractivity contribution in [1.82, 2.24) is 9.55 Å². The molecule has 0 aliphatic rings. The van der Waals surface area contributed by atoms with Crippen molar-refractivity contribution in [1.29, 1.82) is 0 Å². The molecule has 17 heavy (non-hydrogen) atoms. The lowest BCUT2D eigenvalue weighted by Gasteiger charge is -2.06. The molecule has 2 rings (SSSR count). The molecule has 0 aliphatic carbocycles. The molecule has 88 valence electrons.